The van der Waals surface area contributed by atoms with Gasteiger partial charge in [0.2, 0.25) is 0 Å². The summed E-state index contributed by atoms with van der Waals surface area (Å²) in [5.74, 6) is -0.288. The molecule has 5 nitrogen and oxygen atoms in total. The van der Waals surface area contributed by atoms with Crippen LogP contribution in [0.4, 0.5) is 0 Å². The maximum absolute atomic E-state index is 9.93. The Labute approximate surface area is 74.2 Å². The van der Waals surface area contributed by atoms with Crippen LogP contribution in [0.2, 0.25) is 0 Å². The smallest absolute Gasteiger partial charge is 0.151 e. The SMILES string of the molecule is O=C[C@H](O)[C@@H](O)[C@H](O)[C@H](O)CCl. The second-order valence-corrected chi connectivity index (χ2v) is 2.64. The highest BCUT2D eigenvalue weighted by molar-refractivity contribution is 6.18. The second-order valence-electron chi connectivity index (χ2n) is 2.33. The summed E-state index contributed by atoms with van der Waals surface area (Å²) in [6.45, 7) is 0. The lowest BCUT2D eigenvalue weighted by Gasteiger charge is -2.22. The zero-order valence-corrected chi connectivity index (χ0v) is 6.92. The molecule has 0 rings (SSSR count). The Bertz CT molecular complexity index is 142. The summed E-state index contributed by atoms with van der Waals surface area (Å²) >= 11 is 5.15. The minimum absolute atomic E-state index is 0.0643. The molecule has 72 valence electrons. The minimum atomic E-state index is -1.71. The van der Waals surface area contributed by atoms with Crippen molar-refractivity contribution in [1.82, 2.24) is 0 Å². The van der Waals surface area contributed by atoms with Crippen molar-refractivity contribution >= 4 is 17.9 Å². The van der Waals surface area contributed by atoms with Crippen molar-refractivity contribution in [1.29, 1.82) is 0 Å². The molecule has 0 bridgehead atoms. The van der Waals surface area contributed by atoms with Gasteiger partial charge in [0.25, 0.3) is 0 Å². The topological polar surface area (TPSA) is 98.0 Å². The van der Waals surface area contributed by atoms with Crippen LogP contribution >= 0.6 is 11.6 Å². The predicted molar refractivity (Wildman–Crippen MR) is 40.8 cm³/mol. The van der Waals surface area contributed by atoms with E-state index in [9.17, 15) is 4.79 Å². The van der Waals surface area contributed by atoms with E-state index in [-0.39, 0.29) is 12.2 Å². The molecule has 0 aromatic carbocycles. The Hall–Kier alpha value is -0.200. The molecule has 6 heteroatoms. The summed E-state index contributed by atoms with van der Waals surface area (Å²) in [6.07, 6.45) is -6.34. The molecule has 4 atom stereocenters. The molecule has 0 aliphatic rings. The van der Waals surface area contributed by atoms with Gasteiger partial charge in [-0.05, 0) is 0 Å². The van der Waals surface area contributed by atoms with Gasteiger partial charge < -0.3 is 25.2 Å². The predicted octanol–water partition coefficient (Wildman–Crippen LogP) is -2.13. The molecule has 0 aliphatic heterocycles. The molecule has 0 amide bonds. The van der Waals surface area contributed by atoms with Crippen LogP contribution < -0.4 is 0 Å². The van der Waals surface area contributed by atoms with Crippen LogP contribution in [-0.4, -0.2) is 57.0 Å². The summed E-state index contributed by atoms with van der Waals surface area (Å²) in [7, 11) is 0. The van der Waals surface area contributed by atoms with Gasteiger partial charge in [0.05, 0.1) is 12.0 Å². The Balaban J connectivity index is 4.07. The lowest BCUT2D eigenvalue weighted by molar-refractivity contribution is -0.132. The van der Waals surface area contributed by atoms with Crippen LogP contribution in [0.15, 0.2) is 0 Å². The monoisotopic (exact) mass is 198 g/mol. The van der Waals surface area contributed by atoms with Gasteiger partial charge in [-0.1, -0.05) is 0 Å². The van der Waals surface area contributed by atoms with Gasteiger partial charge in [0, 0.05) is 0 Å². The van der Waals surface area contributed by atoms with Crippen molar-refractivity contribution in [3.05, 3.63) is 0 Å². The van der Waals surface area contributed by atoms with Crippen LogP contribution in [0.25, 0.3) is 0 Å². The third-order valence-corrected chi connectivity index (χ3v) is 1.71. The molecule has 0 heterocycles. The molecule has 0 radical (unpaired) electrons. The Morgan fingerprint density at radius 3 is 2.00 bits per heavy atom. The van der Waals surface area contributed by atoms with Gasteiger partial charge >= 0.3 is 0 Å². The van der Waals surface area contributed by atoms with E-state index >= 15 is 0 Å². The third kappa shape index (κ3) is 3.04. The second kappa shape index (κ2) is 5.45. The molecule has 0 aromatic rings. The molecule has 0 saturated heterocycles. The third-order valence-electron chi connectivity index (χ3n) is 1.39. The fourth-order valence-corrected chi connectivity index (χ4v) is 0.784. The maximum atomic E-state index is 9.93. The van der Waals surface area contributed by atoms with E-state index in [4.69, 9.17) is 32.0 Å². The number of aliphatic hydroxyl groups is 4. The summed E-state index contributed by atoms with van der Waals surface area (Å²) in [5, 5.41) is 35.5. The molecular weight excluding hydrogens is 188 g/mol. The molecule has 0 spiro atoms. The number of rotatable bonds is 5. The maximum Gasteiger partial charge on any atom is 0.151 e. The fourth-order valence-electron chi connectivity index (χ4n) is 0.601. The highest BCUT2D eigenvalue weighted by Crippen LogP contribution is 2.04. The van der Waals surface area contributed by atoms with Gasteiger partial charge in [0.15, 0.2) is 6.29 Å². The molecule has 12 heavy (non-hydrogen) atoms. The Kier molecular flexibility index (Phi) is 5.36. The van der Waals surface area contributed by atoms with E-state index in [1.807, 2.05) is 0 Å². The largest absolute Gasteiger partial charge is 0.389 e. The number of carbonyl (C=O) groups excluding carboxylic acids is 1. The Morgan fingerprint density at radius 2 is 1.67 bits per heavy atom. The first-order valence-corrected chi connectivity index (χ1v) is 3.81. The number of carbonyl (C=O) groups is 1. The van der Waals surface area contributed by atoms with Crippen LogP contribution in [0.1, 0.15) is 0 Å². The number of hydrogen-bond donors (Lipinski definition) is 4. The van der Waals surface area contributed by atoms with Gasteiger partial charge in [-0.2, -0.15) is 0 Å². The van der Waals surface area contributed by atoms with Gasteiger partial charge in [-0.15, -0.1) is 11.6 Å². The van der Waals surface area contributed by atoms with Crippen molar-refractivity contribution in [2.45, 2.75) is 24.4 Å². The summed E-state index contributed by atoms with van der Waals surface area (Å²) in [4.78, 5) is 9.93. The van der Waals surface area contributed by atoms with Crippen LogP contribution in [-0.2, 0) is 4.79 Å². The van der Waals surface area contributed by atoms with Gasteiger partial charge in [-0.25, -0.2) is 0 Å². The van der Waals surface area contributed by atoms with Crippen LogP contribution in [0, 0.1) is 0 Å². The van der Waals surface area contributed by atoms with Crippen molar-refractivity contribution in [3.8, 4) is 0 Å². The normalized spacial score (nSPS) is 21.1. The first-order valence-electron chi connectivity index (χ1n) is 3.28. The van der Waals surface area contributed by atoms with E-state index in [1.165, 1.54) is 0 Å². The highest BCUT2D eigenvalue weighted by atomic mass is 35.5. The van der Waals surface area contributed by atoms with E-state index in [1.54, 1.807) is 0 Å². The number of aldehydes is 1. The van der Waals surface area contributed by atoms with Crippen molar-refractivity contribution in [2.24, 2.45) is 0 Å². The highest BCUT2D eigenvalue weighted by Gasteiger charge is 2.29. The summed E-state index contributed by atoms with van der Waals surface area (Å²) in [6, 6.07) is 0. The number of hydrogen-bond acceptors (Lipinski definition) is 5. The zero-order valence-electron chi connectivity index (χ0n) is 6.17. The Morgan fingerprint density at radius 1 is 1.17 bits per heavy atom. The van der Waals surface area contributed by atoms with E-state index in [2.05, 4.69) is 0 Å². The fraction of sp³-hybridized carbons (Fsp3) is 0.833. The number of aliphatic hydroxyl groups excluding tert-OH is 4. The number of halogens is 1. The van der Waals surface area contributed by atoms with E-state index < -0.39 is 24.4 Å². The van der Waals surface area contributed by atoms with Crippen LogP contribution in [0.5, 0.6) is 0 Å². The summed E-state index contributed by atoms with van der Waals surface area (Å²) < 4.78 is 0. The molecular formula is C6H11ClO5. The lowest BCUT2D eigenvalue weighted by atomic mass is 10.1. The van der Waals surface area contributed by atoms with Gasteiger partial charge in [-0.3, -0.25) is 0 Å². The molecule has 0 saturated carbocycles. The van der Waals surface area contributed by atoms with Crippen molar-refractivity contribution < 1.29 is 25.2 Å². The standard InChI is InChI=1S/C6H11ClO5/c7-1-3(9)5(11)6(12)4(10)2-8/h2-6,9-12H,1H2/t3-,4+,5-,6-/m1/s1. The number of alkyl halides is 1. The first-order chi connectivity index (χ1) is 5.54. The van der Waals surface area contributed by atoms with Gasteiger partial charge in [0.1, 0.15) is 18.3 Å². The molecule has 0 aromatic heterocycles. The van der Waals surface area contributed by atoms with E-state index in [0.29, 0.717) is 0 Å². The quantitative estimate of drug-likeness (QED) is 0.299. The van der Waals surface area contributed by atoms with Crippen molar-refractivity contribution in [2.75, 3.05) is 5.88 Å². The average Bonchev–Trinajstić information content (AvgIpc) is 2.12. The molecule has 0 fully saturated rings. The molecule has 0 unspecified atom stereocenters. The van der Waals surface area contributed by atoms with E-state index in [0.717, 1.165) is 0 Å². The molecule has 0 aliphatic carbocycles. The minimum Gasteiger partial charge on any atom is -0.389 e. The molecule has 4 N–H and O–H groups in total. The van der Waals surface area contributed by atoms with Crippen LogP contribution in [0.3, 0.4) is 0 Å². The first kappa shape index (κ1) is 11.8. The van der Waals surface area contributed by atoms with Crippen molar-refractivity contribution in [3.63, 3.8) is 0 Å². The summed E-state index contributed by atoms with van der Waals surface area (Å²) in [5.41, 5.74) is 0. The zero-order chi connectivity index (χ0) is 9.72. The average molecular weight is 199 g/mol. The lowest BCUT2D eigenvalue weighted by Crippen LogP contribution is -2.45.